The van der Waals surface area contributed by atoms with Crippen molar-refractivity contribution in [2.75, 3.05) is 38.2 Å². The van der Waals surface area contributed by atoms with Gasteiger partial charge in [0.15, 0.2) is 0 Å². The molecule has 186 valence electrons. The summed E-state index contributed by atoms with van der Waals surface area (Å²) in [4.78, 5) is 12.9. The van der Waals surface area contributed by atoms with E-state index in [9.17, 15) is 13.2 Å². The first kappa shape index (κ1) is 25.9. The number of carbonyl (C=O) groups excluding carboxylic acids is 1. The summed E-state index contributed by atoms with van der Waals surface area (Å²) in [5.74, 6) is 0.927. The number of nitrogens with one attached hydrogen (secondary N) is 1. The van der Waals surface area contributed by atoms with E-state index < -0.39 is 22.5 Å². The third-order valence-electron chi connectivity index (χ3n) is 5.23. The van der Waals surface area contributed by atoms with Gasteiger partial charge in [0.2, 0.25) is 5.91 Å². The largest absolute Gasteiger partial charge is 0.497 e. The van der Waals surface area contributed by atoms with Crippen molar-refractivity contribution < 1.29 is 27.4 Å². The number of ether oxygens (including phenoxy) is 3. The SMILES string of the molecule is COc1ccc(OC)c(N(CC(=O)NCCOc2cccc(C)c2)S(=O)(=O)c2ccc(C)cc2)c1. The molecule has 0 unspecified atom stereocenters. The lowest BCUT2D eigenvalue weighted by atomic mass is 10.2. The van der Waals surface area contributed by atoms with Crippen molar-refractivity contribution in [1.82, 2.24) is 5.32 Å². The minimum Gasteiger partial charge on any atom is -0.497 e. The molecule has 0 aromatic heterocycles. The van der Waals surface area contributed by atoms with Gasteiger partial charge in [-0.25, -0.2) is 8.42 Å². The molecule has 0 aliphatic heterocycles. The Morgan fingerprint density at radius 2 is 1.63 bits per heavy atom. The zero-order valence-electron chi connectivity index (χ0n) is 20.3. The molecule has 3 aromatic carbocycles. The first-order chi connectivity index (χ1) is 16.7. The number of aryl methyl sites for hydroxylation is 2. The lowest BCUT2D eigenvalue weighted by Gasteiger charge is -2.26. The topological polar surface area (TPSA) is 94.2 Å². The Kier molecular flexibility index (Phi) is 8.59. The first-order valence-electron chi connectivity index (χ1n) is 11.0. The van der Waals surface area contributed by atoms with Gasteiger partial charge in [0.1, 0.15) is 30.4 Å². The van der Waals surface area contributed by atoms with E-state index in [4.69, 9.17) is 14.2 Å². The average molecular weight is 499 g/mol. The second-order valence-corrected chi connectivity index (χ2v) is 9.74. The number of sulfonamides is 1. The zero-order chi connectivity index (χ0) is 25.4. The van der Waals surface area contributed by atoms with Gasteiger partial charge < -0.3 is 19.5 Å². The Hall–Kier alpha value is -3.72. The lowest BCUT2D eigenvalue weighted by Crippen LogP contribution is -2.42. The van der Waals surface area contributed by atoms with Crippen LogP contribution in [0.25, 0.3) is 0 Å². The molecule has 0 radical (unpaired) electrons. The van der Waals surface area contributed by atoms with Gasteiger partial charge >= 0.3 is 0 Å². The third kappa shape index (κ3) is 6.66. The summed E-state index contributed by atoms with van der Waals surface area (Å²) in [5.41, 5.74) is 2.18. The summed E-state index contributed by atoms with van der Waals surface area (Å²) in [6.07, 6.45) is 0. The van der Waals surface area contributed by atoms with Crippen LogP contribution in [0.3, 0.4) is 0 Å². The van der Waals surface area contributed by atoms with Crippen LogP contribution in [0, 0.1) is 13.8 Å². The van der Waals surface area contributed by atoms with Crippen LogP contribution in [0.5, 0.6) is 17.2 Å². The Bertz CT molecular complexity index is 1260. The highest BCUT2D eigenvalue weighted by atomic mass is 32.2. The summed E-state index contributed by atoms with van der Waals surface area (Å²) < 4.78 is 44.6. The average Bonchev–Trinajstić information content (AvgIpc) is 2.85. The third-order valence-corrected chi connectivity index (χ3v) is 7.01. The highest BCUT2D eigenvalue weighted by Gasteiger charge is 2.30. The second-order valence-electron chi connectivity index (χ2n) is 7.88. The number of methoxy groups -OCH3 is 2. The van der Waals surface area contributed by atoms with Crippen molar-refractivity contribution in [3.05, 3.63) is 77.9 Å². The maximum Gasteiger partial charge on any atom is 0.264 e. The molecule has 0 atom stereocenters. The van der Waals surface area contributed by atoms with Gasteiger partial charge in [-0.1, -0.05) is 29.8 Å². The van der Waals surface area contributed by atoms with Gasteiger partial charge in [0, 0.05) is 6.07 Å². The molecule has 3 aromatic rings. The molecule has 0 saturated carbocycles. The predicted octanol–water partition coefficient (Wildman–Crippen LogP) is 3.71. The van der Waals surface area contributed by atoms with Crippen molar-refractivity contribution in [3.63, 3.8) is 0 Å². The molecule has 1 N–H and O–H groups in total. The number of hydrogen-bond donors (Lipinski definition) is 1. The summed E-state index contributed by atoms with van der Waals surface area (Å²) >= 11 is 0. The fraction of sp³-hybridized carbons (Fsp3) is 0.269. The number of hydrogen-bond acceptors (Lipinski definition) is 6. The number of nitrogens with zero attached hydrogens (tertiary/aromatic N) is 1. The fourth-order valence-corrected chi connectivity index (χ4v) is 4.80. The van der Waals surface area contributed by atoms with E-state index in [0.29, 0.717) is 11.5 Å². The molecule has 9 heteroatoms. The molecule has 0 heterocycles. The second kappa shape index (κ2) is 11.6. The number of benzene rings is 3. The summed E-state index contributed by atoms with van der Waals surface area (Å²) in [6.45, 7) is 3.82. The van der Waals surface area contributed by atoms with Gasteiger partial charge in [0.25, 0.3) is 10.0 Å². The van der Waals surface area contributed by atoms with Crippen LogP contribution in [-0.4, -0.2) is 48.2 Å². The number of amides is 1. The first-order valence-corrected chi connectivity index (χ1v) is 12.5. The van der Waals surface area contributed by atoms with Gasteiger partial charge in [0.05, 0.1) is 31.3 Å². The van der Waals surface area contributed by atoms with E-state index in [1.807, 2.05) is 38.1 Å². The highest BCUT2D eigenvalue weighted by molar-refractivity contribution is 7.92. The molecule has 8 nitrogen and oxygen atoms in total. The normalized spacial score (nSPS) is 11.0. The molecule has 0 fully saturated rings. The van der Waals surface area contributed by atoms with Crippen LogP contribution in [0.1, 0.15) is 11.1 Å². The van der Waals surface area contributed by atoms with Crippen molar-refractivity contribution >= 4 is 21.6 Å². The van der Waals surface area contributed by atoms with E-state index in [-0.39, 0.29) is 29.5 Å². The van der Waals surface area contributed by atoms with E-state index in [1.165, 1.54) is 32.4 Å². The summed E-state index contributed by atoms with van der Waals surface area (Å²) in [6, 6.07) is 18.8. The monoisotopic (exact) mass is 498 g/mol. The molecule has 35 heavy (non-hydrogen) atoms. The van der Waals surface area contributed by atoms with E-state index >= 15 is 0 Å². The Morgan fingerprint density at radius 1 is 0.886 bits per heavy atom. The van der Waals surface area contributed by atoms with Crippen LogP contribution in [-0.2, 0) is 14.8 Å². The van der Waals surface area contributed by atoms with Crippen LogP contribution in [0.2, 0.25) is 0 Å². The molecule has 0 spiro atoms. The number of anilines is 1. The number of carbonyl (C=O) groups is 1. The van der Waals surface area contributed by atoms with Crippen LogP contribution < -0.4 is 23.8 Å². The fourth-order valence-electron chi connectivity index (χ4n) is 3.38. The van der Waals surface area contributed by atoms with Crippen molar-refractivity contribution in [3.8, 4) is 17.2 Å². The Balaban J connectivity index is 1.82. The quantitative estimate of drug-likeness (QED) is 0.405. The predicted molar refractivity (Wildman–Crippen MR) is 135 cm³/mol. The Morgan fingerprint density at radius 3 is 2.29 bits per heavy atom. The van der Waals surface area contributed by atoms with E-state index in [2.05, 4.69) is 5.32 Å². The van der Waals surface area contributed by atoms with Gasteiger partial charge in [-0.05, 0) is 55.8 Å². The van der Waals surface area contributed by atoms with Crippen LogP contribution in [0.15, 0.2) is 71.6 Å². The van der Waals surface area contributed by atoms with E-state index in [1.54, 1.807) is 24.3 Å². The standard InChI is InChI=1S/C26H30N2O6S/c1-19-8-11-23(12-9-19)35(30,31)28(24-17-21(32-3)10-13-25(24)33-4)18-26(29)27-14-15-34-22-7-5-6-20(2)16-22/h5-13,16-17H,14-15,18H2,1-4H3,(H,27,29). The van der Waals surface area contributed by atoms with E-state index in [0.717, 1.165) is 15.4 Å². The smallest absolute Gasteiger partial charge is 0.264 e. The molecule has 0 saturated heterocycles. The molecule has 0 bridgehead atoms. The summed E-state index contributed by atoms with van der Waals surface area (Å²) in [5, 5.41) is 2.72. The van der Waals surface area contributed by atoms with Gasteiger partial charge in [-0.15, -0.1) is 0 Å². The maximum atomic E-state index is 13.6. The molecule has 0 aliphatic rings. The molecular formula is C26H30N2O6S. The highest BCUT2D eigenvalue weighted by Crippen LogP contribution is 2.35. The van der Waals surface area contributed by atoms with Gasteiger partial charge in [-0.2, -0.15) is 0 Å². The zero-order valence-corrected chi connectivity index (χ0v) is 21.1. The van der Waals surface area contributed by atoms with Crippen molar-refractivity contribution in [2.45, 2.75) is 18.7 Å². The minimum atomic E-state index is -4.10. The van der Waals surface area contributed by atoms with Crippen molar-refractivity contribution in [2.24, 2.45) is 0 Å². The summed E-state index contributed by atoms with van der Waals surface area (Å²) in [7, 11) is -1.18. The number of rotatable bonds is 11. The van der Waals surface area contributed by atoms with Crippen LogP contribution >= 0.6 is 0 Å². The lowest BCUT2D eigenvalue weighted by molar-refractivity contribution is -0.119. The molecule has 0 aliphatic carbocycles. The molecule has 1 amide bonds. The Labute approximate surface area is 206 Å². The minimum absolute atomic E-state index is 0.0588. The molecular weight excluding hydrogens is 468 g/mol. The maximum absolute atomic E-state index is 13.6. The van der Waals surface area contributed by atoms with Crippen molar-refractivity contribution in [1.29, 1.82) is 0 Å². The van der Waals surface area contributed by atoms with Crippen LogP contribution in [0.4, 0.5) is 5.69 Å². The van der Waals surface area contributed by atoms with Gasteiger partial charge in [-0.3, -0.25) is 9.10 Å². The molecule has 3 rings (SSSR count).